The van der Waals surface area contributed by atoms with Gasteiger partial charge in [-0.3, -0.25) is 9.48 Å². The van der Waals surface area contributed by atoms with Crippen molar-refractivity contribution in [2.24, 2.45) is 30.5 Å². The highest BCUT2D eigenvalue weighted by Crippen LogP contribution is 2.47. The van der Waals surface area contributed by atoms with Crippen LogP contribution in [-0.4, -0.2) is 21.7 Å². The maximum absolute atomic E-state index is 12.3. The molecule has 0 spiro atoms. The van der Waals surface area contributed by atoms with E-state index in [2.05, 4.69) is 10.4 Å². The Labute approximate surface area is 107 Å². The van der Waals surface area contributed by atoms with Crippen LogP contribution in [-0.2, 0) is 11.8 Å². The minimum atomic E-state index is -0.0222. The van der Waals surface area contributed by atoms with Crippen LogP contribution in [0.3, 0.4) is 0 Å². The first kappa shape index (κ1) is 11.7. The molecule has 0 aromatic carbocycles. The molecule has 0 saturated heterocycles. The van der Waals surface area contributed by atoms with Gasteiger partial charge in [-0.15, -0.1) is 0 Å². The zero-order valence-corrected chi connectivity index (χ0v) is 10.9. The molecule has 5 nitrogen and oxygen atoms in total. The SMILES string of the molecule is Cc1cc(NC(=O)C2C3CCC(C3)C2N)nn1C. The molecule has 5 heteroatoms. The van der Waals surface area contributed by atoms with Gasteiger partial charge in [-0.25, -0.2) is 0 Å². The van der Waals surface area contributed by atoms with Crippen LogP contribution in [0, 0.1) is 24.7 Å². The summed E-state index contributed by atoms with van der Waals surface area (Å²) in [5, 5.41) is 7.16. The summed E-state index contributed by atoms with van der Waals surface area (Å²) in [5.41, 5.74) is 7.20. The molecular formula is C13H20N4O. The van der Waals surface area contributed by atoms with Gasteiger partial charge in [0.25, 0.3) is 0 Å². The summed E-state index contributed by atoms with van der Waals surface area (Å²) in [7, 11) is 1.87. The van der Waals surface area contributed by atoms with Crippen molar-refractivity contribution in [3.05, 3.63) is 11.8 Å². The van der Waals surface area contributed by atoms with Crippen molar-refractivity contribution in [2.75, 3.05) is 5.32 Å². The zero-order valence-electron chi connectivity index (χ0n) is 10.9. The van der Waals surface area contributed by atoms with Gasteiger partial charge in [0.2, 0.25) is 5.91 Å². The molecule has 2 aliphatic rings. The van der Waals surface area contributed by atoms with E-state index in [0.717, 1.165) is 18.5 Å². The monoisotopic (exact) mass is 248 g/mol. The summed E-state index contributed by atoms with van der Waals surface area (Å²) in [6.45, 7) is 1.96. The van der Waals surface area contributed by atoms with Crippen LogP contribution in [0.5, 0.6) is 0 Å². The Morgan fingerprint density at radius 1 is 1.50 bits per heavy atom. The molecule has 2 saturated carbocycles. The van der Waals surface area contributed by atoms with E-state index in [1.54, 1.807) is 4.68 Å². The molecule has 4 atom stereocenters. The third-order valence-corrected chi connectivity index (χ3v) is 4.65. The summed E-state index contributed by atoms with van der Waals surface area (Å²) in [5.74, 6) is 1.69. The third kappa shape index (κ3) is 1.73. The highest BCUT2D eigenvalue weighted by molar-refractivity contribution is 5.92. The van der Waals surface area contributed by atoms with Gasteiger partial charge < -0.3 is 11.1 Å². The van der Waals surface area contributed by atoms with Gasteiger partial charge in [0.05, 0.1) is 5.92 Å². The van der Waals surface area contributed by atoms with E-state index >= 15 is 0 Å². The smallest absolute Gasteiger partial charge is 0.230 e. The van der Waals surface area contributed by atoms with Crippen LogP contribution in [0.15, 0.2) is 6.07 Å². The number of hydrogen-bond donors (Lipinski definition) is 2. The molecule has 1 aromatic heterocycles. The first-order valence-electron chi connectivity index (χ1n) is 6.63. The van der Waals surface area contributed by atoms with E-state index in [-0.39, 0.29) is 17.9 Å². The van der Waals surface area contributed by atoms with Crippen LogP contribution in [0.1, 0.15) is 25.0 Å². The molecule has 3 N–H and O–H groups in total. The minimum Gasteiger partial charge on any atom is -0.327 e. The van der Waals surface area contributed by atoms with Crippen molar-refractivity contribution in [1.82, 2.24) is 9.78 Å². The number of aromatic nitrogens is 2. The molecule has 1 amide bonds. The maximum Gasteiger partial charge on any atom is 0.230 e. The average Bonchev–Trinajstić information content (AvgIpc) is 2.95. The number of rotatable bonds is 2. The van der Waals surface area contributed by atoms with Crippen molar-refractivity contribution in [1.29, 1.82) is 0 Å². The number of amides is 1. The molecule has 2 fully saturated rings. The van der Waals surface area contributed by atoms with Crippen LogP contribution in [0.2, 0.25) is 0 Å². The number of anilines is 1. The van der Waals surface area contributed by atoms with Crippen LogP contribution < -0.4 is 11.1 Å². The number of nitrogens with two attached hydrogens (primary N) is 1. The van der Waals surface area contributed by atoms with Crippen molar-refractivity contribution in [3.63, 3.8) is 0 Å². The van der Waals surface area contributed by atoms with Crippen LogP contribution in [0.25, 0.3) is 0 Å². The van der Waals surface area contributed by atoms with Gasteiger partial charge in [0, 0.05) is 24.8 Å². The number of nitrogens with zero attached hydrogens (tertiary/aromatic N) is 2. The van der Waals surface area contributed by atoms with Crippen molar-refractivity contribution in [3.8, 4) is 0 Å². The topological polar surface area (TPSA) is 72.9 Å². The van der Waals surface area contributed by atoms with Gasteiger partial charge in [0.15, 0.2) is 5.82 Å². The fourth-order valence-corrected chi connectivity index (χ4v) is 3.56. The summed E-state index contributed by atoms with van der Waals surface area (Å²) in [4.78, 5) is 12.3. The number of fused-ring (bicyclic) bond motifs is 2. The fourth-order valence-electron chi connectivity index (χ4n) is 3.56. The number of carbonyl (C=O) groups excluding carboxylic acids is 1. The molecule has 98 valence electrons. The van der Waals surface area contributed by atoms with Crippen molar-refractivity contribution < 1.29 is 4.79 Å². The molecule has 2 bridgehead atoms. The number of nitrogens with one attached hydrogen (secondary N) is 1. The molecule has 1 aromatic rings. The summed E-state index contributed by atoms with van der Waals surface area (Å²) in [6.07, 6.45) is 3.47. The van der Waals surface area contributed by atoms with Crippen LogP contribution >= 0.6 is 0 Å². The average molecular weight is 248 g/mol. The first-order chi connectivity index (χ1) is 8.56. The van der Waals surface area contributed by atoms with Crippen molar-refractivity contribution >= 4 is 11.7 Å². The van der Waals surface area contributed by atoms with Crippen molar-refractivity contribution in [2.45, 2.75) is 32.2 Å². The van der Waals surface area contributed by atoms with Gasteiger partial charge in [-0.1, -0.05) is 0 Å². The maximum atomic E-state index is 12.3. The van der Waals surface area contributed by atoms with Crippen LogP contribution in [0.4, 0.5) is 5.82 Å². The zero-order chi connectivity index (χ0) is 12.9. The van der Waals surface area contributed by atoms with E-state index in [9.17, 15) is 4.79 Å². The largest absolute Gasteiger partial charge is 0.327 e. The van der Waals surface area contributed by atoms with E-state index < -0.39 is 0 Å². The predicted molar refractivity (Wildman–Crippen MR) is 68.9 cm³/mol. The minimum absolute atomic E-state index is 0.0222. The first-order valence-corrected chi connectivity index (χ1v) is 6.63. The predicted octanol–water partition coefficient (Wildman–Crippen LogP) is 1.04. The molecule has 2 aliphatic carbocycles. The molecule has 0 radical (unpaired) electrons. The van der Waals surface area contributed by atoms with Gasteiger partial charge in [0.1, 0.15) is 0 Å². The quantitative estimate of drug-likeness (QED) is 0.821. The highest BCUT2D eigenvalue weighted by atomic mass is 16.2. The third-order valence-electron chi connectivity index (χ3n) is 4.65. The molecule has 18 heavy (non-hydrogen) atoms. The highest BCUT2D eigenvalue weighted by Gasteiger charge is 2.49. The Morgan fingerprint density at radius 3 is 2.78 bits per heavy atom. The van der Waals surface area contributed by atoms with Gasteiger partial charge in [-0.2, -0.15) is 5.10 Å². The molecule has 3 rings (SSSR count). The lowest BCUT2D eigenvalue weighted by molar-refractivity contribution is -0.121. The summed E-state index contributed by atoms with van der Waals surface area (Å²) >= 11 is 0. The number of hydrogen-bond acceptors (Lipinski definition) is 3. The second-order valence-corrected chi connectivity index (χ2v) is 5.72. The van der Waals surface area contributed by atoms with E-state index in [1.165, 1.54) is 6.42 Å². The second-order valence-electron chi connectivity index (χ2n) is 5.72. The summed E-state index contributed by atoms with van der Waals surface area (Å²) in [6, 6.07) is 1.92. The number of carbonyl (C=O) groups is 1. The molecule has 4 unspecified atom stereocenters. The van der Waals surface area contributed by atoms with E-state index in [1.807, 2.05) is 20.0 Å². The lowest BCUT2D eigenvalue weighted by atomic mass is 9.84. The molecule has 1 heterocycles. The Balaban J connectivity index is 1.72. The Morgan fingerprint density at radius 2 is 2.22 bits per heavy atom. The molecular weight excluding hydrogens is 228 g/mol. The number of aryl methyl sites for hydroxylation is 2. The van der Waals surface area contributed by atoms with E-state index in [0.29, 0.717) is 17.7 Å². The van der Waals surface area contributed by atoms with Gasteiger partial charge >= 0.3 is 0 Å². The lowest BCUT2D eigenvalue weighted by Crippen LogP contribution is -2.42. The summed E-state index contributed by atoms with van der Waals surface area (Å²) < 4.78 is 1.76. The molecule has 0 aliphatic heterocycles. The van der Waals surface area contributed by atoms with Gasteiger partial charge in [-0.05, 0) is 38.0 Å². The second kappa shape index (κ2) is 4.09. The lowest BCUT2D eigenvalue weighted by Gasteiger charge is -2.26. The Hall–Kier alpha value is -1.36. The fraction of sp³-hybridized carbons (Fsp3) is 0.692. The standard InChI is InChI=1S/C13H20N4O/c1-7-5-10(16-17(7)2)15-13(18)11-8-3-4-9(6-8)12(11)14/h5,8-9,11-12H,3-4,6,14H2,1-2H3,(H,15,16,18). The normalized spacial score (nSPS) is 33.9. The Kier molecular flexibility index (Phi) is 2.66. The van der Waals surface area contributed by atoms with E-state index in [4.69, 9.17) is 5.73 Å². The Bertz CT molecular complexity index is 460.